The van der Waals surface area contributed by atoms with Gasteiger partial charge in [0.05, 0.1) is 28.3 Å². The minimum atomic E-state index is -1.57. The Balaban J connectivity index is 2.94. The van der Waals surface area contributed by atoms with Gasteiger partial charge in [-0.2, -0.15) is 0 Å². The molecule has 1 atom stereocenters. The number of halogens is 2. The van der Waals surface area contributed by atoms with Gasteiger partial charge in [0, 0.05) is 11.8 Å². The Morgan fingerprint density at radius 3 is 2.76 bits per heavy atom. The maximum absolute atomic E-state index is 13.5. The number of hydrogen-bond donors (Lipinski definition) is 0. The van der Waals surface area contributed by atoms with Crippen LogP contribution in [0.2, 0.25) is 5.02 Å². The molecule has 0 aliphatic rings. The first kappa shape index (κ1) is 16.1. The van der Waals surface area contributed by atoms with Gasteiger partial charge in [-0.25, -0.2) is 4.39 Å². The van der Waals surface area contributed by atoms with E-state index in [1.54, 1.807) is 6.92 Å². The summed E-state index contributed by atoms with van der Waals surface area (Å²) in [4.78, 5) is 12.5. The van der Waals surface area contributed by atoms with Crippen molar-refractivity contribution in [1.29, 1.82) is 0 Å². The van der Waals surface area contributed by atoms with Crippen molar-refractivity contribution < 1.29 is 17.8 Å². The Morgan fingerprint density at radius 2 is 2.19 bits per heavy atom. The first-order valence-corrected chi connectivity index (χ1v) is 7.93. The van der Waals surface area contributed by atoms with Crippen molar-refractivity contribution in [1.82, 2.24) is 0 Å². The Hall–Kier alpha value is -1.31. The number of rotatable bonds is 3. The summed E-state index contributed by atoms with van der Waals surface area (Å²) in [5.74, 6) is -0.530. The summed E-state index contributed by atoms with van der Waals surface area (Å²) in [6, 6.07) is 2.13. The maximum Gasteiger partial charge on any atom is 0.206 e. The molecule has 1 aromatic heterocycles. The molecule has 0 amide bonds. The van der Waals surface area contributed by atoms with Crippen LogP contribution < -0.4 is 5.43 Å². The average molecular weight is 349 g/mol. The molecule has 21 heavy (non-hydrogen) atoms. The Morgan fingerprint density at radius 1 is 1.52 bits per heavy atom. The highest BCUT2D eigenvalue weighted by molar-refractivity contribution is 7.85. The number of fused-ring (bicyclic) bond motifs is 1. The topological polar surface area (TPSA) is 56.5 Å². The van der Waals surface area contributed by atoms with Gasteiger partial charge in [0.25, 0.3) is 0 Å². The fraction of sp³-hybridized carbons (Fsp3) is 0.231. The lowest BCUT2D eigenvalue weighted by Gasteiger charge is -2.09. The number of thiocarbonyl (C=S) groups is 1. The summed E-state index contributed by atoms with van der Waals surface area (Å²) < 4.78 is 35.9. The van der Waals surface area contributed by atoms with Gasteiger partial charge in [-0.3, -0.25) is 9.00 Å². The molecule has 112 valence electrons. The quantitative estimate of drug-likeness (QED) is 0.798. The molecule has 1 aromatic carbocycles. The lowest BCUT2D eigenvalue weighted by molar-refractivity contribution is 0.407. The Kier molecular flexibility index (Phi) is 4.75. The van der Waals surface area contributed by atoms with Crippen molar-refractivity contribution in [2.75, 3.05) is 12.9 Å². The first-order chi connectivity index (χ1) is 9.90. The van der Waals surface area contributed by atoms with Gasteiger partial charge >= 0.3 is 0 Å². The summed E-state index contributed by atoms with van der Waals surface area (Å²) in [5, 5.41) is -0.480. The molecule has 2 aromatic rings. The van der Waals surface area contributed by atoms with E-state index >= 15 is 0 Å². The zero-order chi connectivity index (χ0) is 15.7. The minimum absolute atomic E-state index is 0.0387. The van der Waals surface area contributed by atoms with Crippen LogP contribution in [0.5, 0.6) is 0 Å². The van der Waals surface area contributed by atoms with Crippen molar-refractivity contribution in [2.45, 2.75) is 12.0 Å². The van der Waals surface area contributed by atoms with Gasteiger partial charge in [-0.15, -0.1) is 0 Å². The summed E-state index contributed by atoms with van der Waals surface area (Å²) in [6.07, 6.45) is 0. The largest absolute Gasteiger partial charge is 0.486 e. The molecule has 0 saturated carbocycles. The van der Waals surface area contributed by atoms with Crippen LogP contribution in [-0.2, 0) is 15.5 Å². The van der Waals surface area contributed by atoms with E-state index in [4.69, 9.17) is 33.0 Å². The number of hydrogen-bond acceptors (Lipinski definition) is 5. The molecule has 0 fully saturated rings. The van der Waals surface area contributed by atoms with Crippen molar-refractivity contribution in [2.24, 2.45) is 0 Å². The van der Waals surface area contributed by atoms with E-state index in [2.05, 4.69) is 0 Å². The second-order valence-electron chi connectivity index (χ2n) is 3.98. The van der Waals surface area contributed by atoms with E-state index in [9.17, 15) is 13.4 Å². The van der Waals surface area contributed by atoms with Gasteiger partial charge in [-0.1, -0.05) is 18.5 Å². The molecule has 0 radical (unpaired) electrons. The van der Waals surface area contributed by atoms with Crippen molar-refractivity contribution in [3.8, 4) is 0 Å². The van der Waals surface area contributed by atoms with Gasteiger partial charge in [0.1, 0.15) is 17.0 Å². The fourth-order valence-electron chi connectivity index (χ4n) is 1.74. The molecule has 0 saturated heterocycles. The highest BCUT2D eigenvalue weighted by atomic mass is 35.5. The van der Waals surface area contributed by atoms with Crippen LogP contribution in [0.3, 0.4) is 0 Å². The van der Waals surface area contributed by atoms with Crippen LogP contribution in [0, 0.1) is 5.82 Å². The molecule has 8 heteroatoms. The van der Waals surface area contributed by atoms with Crippen LogP contribution in [-0.4, -0.2) is 22.1 Å². The summed E-state index contributed by atoms with van der Waals surface area (Å²) >= 11 is 10.6. The Labute approximate surface area is 132 Å². The fourth-order valence-corrected chi connectivity index (χ4v) is 3.00. The molecular formula is C13H10ClFO4S2. The zero-order valence-corrected chi connectivity index (χ0v) is 13.5. The van der Waals surface area contributed by atoms with E-state index in [0.717, 1.165) is 6.07 Å². The smallest absolute Gasteiger partial charge is 0.206 e. The van der Waals surface area contributed by atoms with Gasteiger partial charge < -0.3 is 9.15 Å². The molecule has 0 aliphatic heterocycles. The third-order valence-electron chi connectivity index (χ3n) is 2.76. The van der Waals surface area contributed by atoms with Crippen LogP contribution in [0.1, 0.15) is 12.5 Å². The van der Waals surface area contributed by atoms with E-state index in [0.29, 0.717) is 0 Å². The number of methoxy groups -OCH3 is 1. The predicted molar refractivity (Wildman–Crippen MR) is 83.1 cm³/mol. The molecule has 0 N–H and O–H groups in total. The van der Waals surface area contributed by atoms with Crippen LogP contribution in [0.4, 0.5) is 4.39 Å². The predicted octanol–water partition coefficient (Wildman–Crippen LogP) is 3.03. The Bertz CT molecular complexity index is 816. The molecule has 0 aliphatic carbocycles. The summed E-state index contributed by atoms with van der Waals surface area (Å²) in [5.41, 5.74) is -0.678. The molecule has 1 heterocycles. The van der Waals surface area contributed by atoms with E-state index < -0.39 is 22.0 Å². The van der Waals surface area contributed by atoms with Crippen molar-refractivity contribution in [3.05, 3.63) is 38.8 Å². The van der Waals surface area contributed by atoms with Crippen LogP contribution in [0.25, 0.3) is 11.0 Å². The minimum Gasteiger partial charge on any atom is -0.486 e. The molecule has 0 spiro atoms. The normalized spacial score (nSPS) is 12.4. The van der Waals surface area contributed by atoms with Gasteiger partial charge in [0.15, 0.2) is 5.05 Å². The lowest BCUT2D eigenvalue weighted by atomic mass is 10.2. The summed E-state index contributed by atoms with van der Waals surface area (Å²) in [6.45, 7) is 1.66. The highest BCUT2D eigenvalue weighted by Gasteiger charge is 2.23. The van der Waals surface area contributed by atoms with Gasteiger partial charge in [-0.05, 0) is 18.3 Å². The molecule has 1 unspecified atom stereocenters. The number of benzene rings is 1. The molecule has 0 bridgehead atoms. The average Bonchev–Trinajstić information content (AvgIpc) is 2.47. The second kappa shape index (κ2) is 6.21. The van der Waals surface area contributed by atoms with Crippen LogP contribution in [0.15, 0.2) is 26.4 Å². The summed E-state index contributed by atoms with van der Waals surface area (Å²) in [7, 11) is -0.289. The molecule has 2 rings (SSSR count). The monoisotopic (exact) mass is 348 g/mol. The molecule has 4 nitrogen and oxygen atoms in total. The van der Waals surface area contributed by atoms with Gasteiger partial charge in [0.2, 0.25) is 10.5 Å². The van der Waals surface area contributed by atoms with E-state index in [1.165, 1.54) is 13.2 Å². The maximum atomic E-state index is 13.5. The zero-order valence-electron chi connectivity index (χ0n) is 11.1. The third kappa shape index (κ3) is 2.86. The standard InChI is InChI=1S/C13H10ClFO4S2/c1-3-21(17)13-10(12(20)18-2)11(16)6-4-8(15)7(14)5-9(6)19-13/h4-5H,3H2,1-2H3. The SMILES string of the molecule is CCS(=O)c1oc2cc(Cl)c(F)cc2c(=O)c1C(=S)OC. The van der Waals surface area contributed by atoms with Crippen molar-refractivity contribution in [3.63, 3.8) is 0 Å². The molecular weight excluding hydrogens is 339 g/mol. The third-order valence-corrected chi connectivity index (χ3v) is 4.65. The number of ether oxygens (including phenoxy) is 1. The second-order valence-corrected chi connectivity index (χ2v) is 6.40. The lowest BCUT2D eigenvalue weighted by Crippen LogP contribution is -2.20. The van der Waals surface area contributed by atoms with E-state index in [-0.39, 0.29) is 37.5 Å². The van der Waals surface area contributed by atoms with Crippen molar-refractivity contribution >= 4 is 50.6 Å². The first-order valence-electron chi connectivity index (χ1n) is 5.83. The van der Waals surface area contributed by atoms with E-state index in [1.807, 2.05) is 0 Å². The van der Waals surface area contributed by atoms with Crippen LogP contribution >= 0.6 is 23.8 Å². The highest BCUT2D eigenvalue weighted by Crippen LogP contribution is 2.25.